The Morgan fingerprint density at radius 3 is 2.94 bits per heavy atom. The molecule has 1 aliphatic heterocycles. The fraction of sp³-hybridized carbons (Fsp3) is 0.846. The molecule has 1 saturated carbocycles. The highest BCUT2D eigenvalue weighted by molar-refractivity contribution is 5.89. The van der Waals surface area contributed by atoms with Crippen molar-refractivity contribution in [3.8, 4) is 0 Å². The largest absolute Gasteiger partial charge is 0.394 e. The minimum absolute atomic E-state index is 0.0167. The highest BCUT2D eigenvalue weighted by atomic mass is 16.3. The van der Waals surface area contributed by atoms with Gasteiger partial charge < -0.3 is 15.7 Å². The average molecular weight is 254 g/mol. The van der Waals surface area contributed by atoms with Gasteiger partial charge >= 0.3 is 0 Å². The maximum absolute atomic E-state index is 12.1. The molecule has 0 radical (unpaired) electrons. The molecule has 3 atom stereocenters. The smallest absolute Gasteiger partial charge is 0.225 e. The Balaban J connectivity index is 1.97. The van der Waals surface area contributed by atoms with E-state index in [1.807, 2.05) is 0 Å². The second-order valence-corrected chi connectivity index (χ2v) is 5.83. The van der Waals surface area contributed by atoms with Gasteiger partial charge in [-0.15, -0.1) is 0 Å². The molecule has 0 aromatic carbocycles. The third kappa shape index (κ3) is 2.83. The number of aliphatic hydroxyl groups is 1. The predicted molar refractivity (Wildman–Crippen MR) is 66.7 cm³/mol. The Labute approximate surface area is 107 Å². The Kier molecular flexibility index (Phi) is 3.90. The molecule has 18 heavy (non-hydrogen) atoms. The van der Waals surface area contributed by atoms with Gasteiger partial charge in [-0.25, -0.2) is 0 Å². The van der Waals surface area contributed by atoms with Crippen LogP contribution in [0.3, 0.4) is 0 Å². The standard InChI is InChI=1S/C13H22N2O3/c1-9-3-2-4-13(6-9,8-16)15-12(18)10-5-11(17)14-7-10/h9-10,16H,2-8H2,1H3,(H,14,17)(H,15,18). The first-order valence-electron chi connectivity index (χ1n) is 6.74. The molecule has 0 aromatic heterocycles. The Hall–Kier alpha value is -1.10. The molecule has 2 fully saturated rings. The van der Waals surface area contributed by atoms with Crippen LogP contribution in [0.4, 0.5) is 0 Å². The lowest BCUT2D eigenvalue weighted by Crippen LogP contribution is -2.55. The van der Waals surface area contributed by atoms with E-state index in [1.54, 1.807) is 0 Å². The van der Waals surface area contributed by atoms with Gasteiger partial charge in [-0.3, -0.25) is 9.59 Å². The van der Waals surface area contributed by atoms with E-state index >= 15 is 0 Å². The van der Waals surface area contributed by atoms with Crippen LogP contribution in [-0.2, 0) is 9.59 Å². The van der Waals surface area contributed by atoms with E-state index in [1.165, 1.54) is 0 Å². The van der Waals surface area contributed by atoms with E-state index in [9.17, 15) is 14.7 Å². The average Bonchev–Trinajstić information content (AvgIpc) is 2.76. The molecule has 2 rings (SSSR count). The number of carbonyl (C=O) groups excluding carboxylic acids is 2. The minimum atomic E-state index is -0.472. The second kappa shape index (κ2) is 5.26. The van der Waals surface area contributed by atoms with E-state index in [-0.39, 0.29) is 30.8 Å². The molecule has 0 spiro atoms. The van der Waals surface area contributed by atoms with Crippen molar-refractivity contribution in [2.75, 3.05) is 13.2 Å². The van der Waals surface area contributed by atoms with Gasteiger partial charge in [0.2, 0.25) is 11.8 Å². The summed E-state index contributed by atoms with van der Waals surface area (Å²) in [5.41, 5.74) is -0.472. The van der Waals surface area contributed by atoms with Crippen LogP contribution in [0.25, 0.3) is 0 Å². The van der Waals surface area contributed by atoms with Crippen molar-refractivity contribution in [2.24, 2.45) is 11.8 Å². The summed E-state index contributed by atoms with van der Waals surface area (Å²) in [6.45, 7) is 2.55. The first kappa shape index (κ1) is 13.3. The third-order valence-corrected chi connectivity index (χ3v) is 4.13. The first-order chi connectivity index (χ1) is 8.54. The van der Waals surface area contributed by atoms with Gasteiger partial charge in [0, 0.05) is 13.0 Å². The summed E-state index contributed by atoms with van der Waals surface area (Å²) in [7, 11) is 0. The molecule has 0 aromatic rings. The zero-order valence-electron chi connectivity index (χ0n) is 10.9. The van der Waals surface area contributed by atoms with Crippen molar-refractivity contribution in [1.82, 2.24) is 10.6 Å². The van der Waals surface area contributed by atoms with Crippen molar-refractivity contribution < 1.29 is 14.7 Å². The molecule has 3 unspecified atom stereocenters. The molecule has 1 saturated heterocycles. The SMILES string of the molecule is CC1CCCC(CO)(NC(=O)C2CNC(=O)C2)C1. The number of carbonyl (C=O) groups is 2. The minimum Gasteiger partial charge on any atom is -0.394 e. The van der Waals surface area contributed by atoms with Crippen LogP contribution in [0.5, 0.6) is 0 Å². The van der Waals surface area contributed by atoms with Gasteiger partial charge in [-0.1, -0.05) is 19.8 Å². The molecule has 3 N–H and O–H groups in total. The van der Waals surface area contributed by atoms with Gasteiger partial charge in [-0.2, -0.15) is 0 Å². The Morgan fingerprint density at radius 2 is 2.39 bits per heavy atom. The lowest BCUT2D eigenvalue weighted by molar-refractivity contribution is -0.129. The normalized spacial score (nSPS) is 36.2. The van der Waals surface area contributed by atoms with E-state index < -0.39 is 5.54 Å². The van der Waals surface area contributed by atoms with Crippen molar-refractivity contribution >= 4 is 11.8 Å². The molecule has 1 heterocycles. The number of amides is 2. The van der Waals surface area contributed by atoms with Crippen LogP contribution >= 0.6 is 0 Å². The van der Waals surface area contributed by atoms with Crippen LogP contribution in [0.1, 0.15) is 39.0 Å². The zero-order valence-corrected chi connectivity index (χ0v) is 10.9. The highest BCUT2D eigenvalue weighted by Gasteiger charge is 2.38. The second-order valence-electron chi connectivity index (χ2n) is 5.83. The van der Waals surface area contributed by atoms with E-state index in [2.05, 4.69) is 17.6 Å². The summed E-state index contributed by atoms with van der Waals surface area (Å²) in [4.78, 5) is 23.2. The van der Waals surface area contributed by atoms with Crippen LogP contribution in [0, 0.1) is 11.8 Å². The van der Waals surface area contributed by atoms with Crippen LogP contribution in [0.15, 0.2) is 0 Å². The summed E-state index contributed by atoms with van der Waals surface area (Å²) >= 11 is 0. The van der Waals surface area contributed by atoms with Gasteiger partial charge in [0.25, 0.3) is 0 Å². The number of rotatable bonds is 3. The highest BCUT2D eigenvalue weighted by Crippen LogP contribution is 2.32. The fourth-order valence-corrected chi connectivity index (χ4v) is 3.11. The summed E-state index contributed by atoms with van der Waals surface area (Å²) in [5.74, 6) is 0.0782. The molecule has 102 valence electrons. The molecule has 1 aliphatic carbocycles. The van der Waals surface area contributed by atoms with Crippen molar-refractivity contribution in [2.45, 2.75) is 44.6 Å². The number of hydrogen-bond acceptors (Lipinski definition) is 3. The van der Waals surface area contributed by atoms with Crippen molar-refractivity contribution in [3.05, 3.63) is 0 Å². The summed E-state index contributed by atoms with van der Waals surface area (Å²) in [5, 5.41) is 15.3. The third-order valence-electron chi connectivity index (χ3n) is 4.13. The molecule has 2 amide bonds. The molecule has 5 heteroatoms. The maximum atomic E-state index is 12.1. The summed E-state index contributed by atoms with van der Waals surface area (Å²) in [6.07, 6.45) is 4.10. The molecule has 5 nitrogen and oxygen atoms in total. The van der Waals surface area contributed by atoms with Gasteiger partial charge in [0.15, 0.2) is 0 Å². The van der Waals surface area contributed by atoms with E-state index in [0.29, 0.717) is 12.5 Å². The van der Waals surface area contributed by atoms with Crippen molar-refractivity contribution in [3.63, 3.8) is 0 Å². The lowest BCUT2D eigenvalue weighted by atomic mass is 9.76. The van der Waals surface area contributed by atoms with E-state index in [4.69, 9.17) is 0 Å². The maximum Gasteiger partial charge on any atom is 0.225 e. The number of nitrogens with one attached hydrogen (secondary N) is 2. The van der Waals surface area contributed by atoms with Gasteiger partial charge in [0.05, 0.1) is 18.1 Å². The lowest BCUT2D eigenvalue weighted by Gasteiger charge is -2.39. The first-order valence-corrected chi connectivity index (χ1v) is 6.74. The predicted octanol–water partition coefficient (Wildman–Crippen LogP) is 0.180. The monoisotopic (exact) mass is 254 g/mol. The molecule has 0 bridgehead atoms. The summed E-state index contributed by atoms with van der Waals surface area (Å²) < 4.78 is 0. The Morgan fingerprint density at radius 1 is 1.61 bits per heavy atom. The quantitative estimate of drug-likeness (QED) is 0.672. The van der Waals surface area contributed by atoms with Crippen LogP contribution in [0.2, 0.25) is 0 Å². The zero-order chi connectivity index (χ0) is 13.2. The molecular formula is C13H22N2O3. The van der Waals surface area contributed by atoms with E-state index in [0.717, 1.165) is 25.7 Å². The number of hydrogen-bond donors (Lipinski definition) is 3. The van der Waals surface area contributed by atoms with Crippen LogP contribution in [-0.4, -0.2) is 35.6 Å². The number of aliphatic hydroxyl groups excluding tert-OH is 1. The Bertz CT molecular complexity index is 345. The topological polar surface area (TPSA) is 78.4 Å². The van der Waals surface area contributed by atoms with Gasteiger partial charge in [-0.05, 0) is 18.8 Å². The van der Waals surface area contributed by atoms with Crippen molar-refractivity contribution in [1.29, 1.82) is 0 Å². The van der Waals surface area contributed by atoms with Gasteiger partial charge in [0.1, 0.15) is 0 Å². The molecular weight excluding hydrogens is 232 g/mol. The summed E-state index contributed by atoms with van der Waals surface area (Å²) in [6, 6.07) is 0. The fourth-order valence-electron chi connectivity index (χ4n) is 3.11. The molecule has 2 aliphatic rings. The van der Waals surface area contributed by atoms with Crippen LogP contribution < -0.4 is 10.6 Å².